The average Bonchev–Trinajstić information content (AvgIpc) is 2.74. The third-order valence-corrected chi connectivity index (χ3v) is 6.95. The van der Waals surface area contributed by atoms with E-state index in [9.17, 15) is 4.79 Å². The lowest BCUT2D eigenvalue weighted by molar-refractivity contribution is -0.892. The van der Waals surface area contributed by atoms with Crippen molar-refractivity contribution in [2.75, 3.05) is 57.8 Å². The van der Waals surface area contributed by atoms with E-state index in [1.807, 2.05) is 12.1 Å². The number of fused-ring (bicyclic) bond motifs is 1. The summed E-state index contributed by atoms with van der Waals surface area (Å²) in [6.45, 7) is 6.79. The van der Waals surface area contributed by atoms with Crippen molar-refractivity contribution in [2.24, 2.45) is 11.8 Å². The molecule has 0 bridgehead atoms. The highest BCUT2D eigenvalue weighted by molar-refractivity contribution is 5.77. The number of hydrogen-bond acceptors (Lipinski definition) is 3. The second-order valence-corrected chi connectivity index (χ2v) is 8.54. The molecule has 0 aromatic heterocycles. The van der Waals surface area contributed by atoms with Crippen LogP contribution < -0.4 is 14.5 Å². The Morgan fingerprint density at radius 2 is 1.74 bits per heavy atom. The van der Waals surface area contributed by atoms with Crippen LogP contribution in [-0.4, -0.2) is 63.7 Å². The Kier molecular flexibility index (Phi) is 5.86. The molecule has 2 saturated heterocycles. The zero-order valence-electron chi connectivity index (χ0n) is 16.7. The van der Waals surface area contributed by atoms with Crippen molar-refractivity contribution in [2.45, 2.75) is 32.1 Å². The lowest BCUT2D eigenvalue weighted by Gasteiger charge is -2.41. The van der Waals surface area contributed by atoms with Gasteiger partial charge in [-0.2, -0.15) is 0 Å². The maximum atomic E-state index is 12.8. The zero-order chi connectivity index (χ0) is 18.6. The topological polar surface area (TPSA) is 37.2 Å². The van der Waals surface area contributed by atoms with Gasteiger partial charge >= 0.3 is 0 Å². The largest absolute Gasteiger partial charge is 0.497 e. The highest BCUT2D eigenvalue weighted by Crippen LogP contribution is 2.35. The first-order valence-electron chi connectivity index (χ1n) is 10.7. The van der Waals surface area contributed by atoms with Crippen LogP contribution in [0.2, 0.25) is 0 Å². The van der Waals surface area contributed by atoms with Crippen molar-refractivity contribution in [1.82, 2.24) is 4.90 Å². The third kappa shape index (κ3) is 4.40. The van der Waals surface area contributed by atoms with Crippen LogP contribution in [0.5, 0.6) is 5.75 Å². The Hall–Kier alpha value is -1.75. The maximum Gasteiger partial charge on any atom is 0.277 e. The first-order valence-corrected chi connectivity index (χ1v) is 10.7. The number of carbonyl (C=O) groups excluding carboxylic acids is 1. The Morgan fingerprint density at radius 1 is 1.04 bits per heavy atom. The number of carbonyl (C=O) groups is 1. The van der Waals surface area contributed by atoms with Crippen LogP contribution in [0.1, 0.15) is 32.1 Å². The van der Waals surface area contributed by atoms with Crippen LogP contribution in [0.15, 0.2) is 24.3 Å². The van der Waals surface area contributed by atoms with E-state index in [1.165, 1.54) is 42.7 Å². The second-order valence-electron chi connectivity index (χ2n) is 8.54. The van der Waals surface area contributed by atoms with Gasteiger partial charge in [0, 0.05) is 18.8 Å². The molecular formula is C22H34N3O2+. The maximum absolute atomic E-state index is 12.8. The molecule has 2 aliphatic heterocycles. The van der Waals surface area contributed by atoms with Crippen molar-refractivity contribution >= 4 is 11.6 Å². The number of nitrogens with one attached hydrogen (secondary N) is 1. The molecule has 0 radical (unpaired) electrons. The molecule has 1 aromatic carbocycles. The summed E-state index contributed by atoms with van der Waals surface area (Å²) in [4.78, 5) is 18.9. The number of piperidine rings is 1. The van der Waals surface area contributed by atoms with Crippen LogP contribution in [0, 0.1) is 11.8 Å². The third-order valence-electron chi connectivity index (χ3n) is 6.95. The molecule has 1 saturated carbocycles. The number of rotatable bonds is 4. The molecular weight excluding hydrogens is 338 g/mol. The number of ether oxygens (including phenoxy) is 1. The number of amides is 1. The fraction of sp³-hybridized carbons (Fsp3) is 0.682. The van der Waals surface area contributed by atoms with Crippen LogP contribution in [-0.2, 0) is 4.79 Å². The fourth-order valence-corrected chi connectivity index (χ4v) is 5.20. The lowest BCUT2D eigenvalue weighted by atomic mass is 9.75. The van der Waals surface area contributed by atoms with Crippen molar-refractivity contribution < 1.29 is 14.4 Å². The van der Waals surface area contributed by atoms with Gasteiger partial charge in [0.25, 0.3) is 5.91 Å². The van der Waals surface area contributed by atoms with Gasteiger partial charge in [0.1, 0.15) is 5.75 Å². The molecule has 0 spiro atoms. The van der Waals surface area contributed by atoms with E-state index >= 15 is 0 Å². The molecule has 2 heterocycles. The predicted octanol–water partition coefficient (Wildman–Crippen LogP) is 1.44. The number of methoxy groups -OCH3 is 1. The van der Waals surface area contributed by atoms with E-state index in [0.717, 1.165) is 56.9 Å². The van der Waals surface area contributed by atoms with Gasteiger partial charge in [-0.25, -0.2) is 0 Å². The van der Waals surface area contributed by atoms with Gasteiger partial charge < -0.3 is 19.4 Å². The highest BCUT2D eigenvalue weighted by atomic mass is 16.5. The number of hydrogen-bond donors (Lipinski definition) is 1. The number of quaternary nitrogens is 1. The summed E-state index contributed by atoms with van der Waals surface area (Å²) in [6.07, 6.45) is 6.73. The first-order chi connectivity index (χ1) is 13.2. The van der Waals surface area contributed by atoms with Crippen molar-refractivity contribution in [1.29, 1.82) is 0 Å². The van der Waals surface area contributed by atoms with Gasteiger partial charge in [0.2, 0.25) is 0 Å². The van der Waals surface area contributed by atoms with Gasteiger partial charge in [0.05, 0.1) is 33.3 Å². The van der Waals surface area contributed by atoms with Gasteiger partial charge in [0.15, 0.2) is 6.54 Å². The van der Waals surface area contributed by atoms with Crippen molar-refractivity contribution in [3.05, 3.63) is 24.3 Å². The van der Waals surface area contributed by atoms with Gasteiger partial charge in [-0.15, -0.1) is 0 Å². The average molecular weight is 373 g/mol. The predicted molar refractivity (Wildman–Crippen MR) is 107 cm³/mol. The van der Waals surface area contributed by atoms with Gasteiger partial charge in [-0.1, -0.05) is 19.3 Å². The number of anilines is 1. The summed E-state index contributed by atoms with van der Waals surface area (Å²) in [5.74, 6) is 2.95. The summed E-state index contributed by atoms with van der Waals surface area (Å²) in [5.41, 5.74) is 1.25. The van der Waals surface area contributed by atoms with Crippen LogP contribution in [0.4, 0.5) is 5.69 Å². The molecule has 5 nitrogen and oxygen atoms in total. The van der Waals surface area contributed by atoms with E-state index in [-0.39, 0.29) is 0 Å². The van der Waals surface area contributed by atoms with E-state index in [0.29, 0.717) is 12.5 Å². The molecule has 0 unspecified atom stereocenters. The molecule has 1 aliphatic carbocycles. The summed E-state index contributed by atoms with van der Waals surface area (Å²) in [6, 6.07) is 8.30. The minimum absolute atomic E-state index is 0.381. The summed E-state index contributed by atoms with van der Waals surface area (Å²) in [5, 5.41) is 0. The van der Waals surface area contributed by atoms with Crippen LogP contribution in [0.25, 0.3) is 0 Å². The highest BCUT2D eigenvalue weighted by Gasteiger charge is 2.34. The number of benzene rings is 1. The quantitative estimate of drug-likeness (QED) is 0.869. The molecule has 3 fully saturated rings. The normalized spacial score (nSPS) is 26.6. The molecule has 4 rings (SSSR count). The Labute approximate surface area is 163 Å². The fourth-order valence-electron chi connectivity index (χ4n) is 5.20. The molecule has 27 heavy (non-hydrogen) atoms. The van der Waals surface area contributed by atoms with Crippen molar-refractivity contribution in [3.8, 4) is 5.75 Å². The molecule has 148 valence electrons. The molecule has 2 atom stereocenters. The standard InChI is InChI=1S/C22H33N3O2/c1-27-21-8-6-20(7-9-21)24-14-12-23(13-15-24)17-22(26)25-11-10-18-4-2-3-5-19(18)16-25/h6-9,18-19H,2-5,10-17H2,1H3/p+1/t18-,19-/m1/s1. The number of likely N-dealkylation sites (tertiary alicyclic amines) is 1. The zero-order valence-corrected chi connectivity index (χ0v) is 16.7. The second kappa shape index (κ2) is 8.51. The van der Waals surface area contributed by atoms with Crippen molar-refractivity contribution in [3.63, 3.8) is 0 Å². The number of nitrogens with zero attached hydrogens (tertiary/aromatic N) is 2. The lowest BCUT2D eigenvalue weighted by Crippen LogP contribution is -3.16. The Bertz CT molecular complexity index is 625. The molecule has 1 N–H and O–H groups in total. The smallest absolute Gasteiger partial charge is 0.277 e. The minimum Gasteiger partial charge on any atom is -0.497 e. The monoisotopic (exact) mass is 372 g/mol. The van der Waals surface area contributed by atoms with E-state index in [2.05, 4.69) is 21.9 Å². The number of piperazine rings is 1. The summed E-state index contributed by atoms with van der Waals surface area (Å²) >= 11 is 0. The summed E-state index contributed by atoms with van der Waals surface area (Å²) in [7, 11) is 1.70. The minimum atomic E-state index is 0.381. The molecule has 1 amide bonds. The summed E-state index contributed by atoms with van der Waals surface area (Å²) < 4.78 is 5.24. The van der Waals surface area contributed by atoms with Gasteiger partial charge in [-0.05, 0) is 48.9 Å². The van der Waals surface area contributed by atoms with E-state index in [4.69, 9.17) is 4.74 Å². The van der Waals surface area contributed by atoms with Gasteiger partial charge in [-0.3, -0.25) is 4.79 Å². The Balaban J connectivity index is 1.24. The molecule has 5 heteroatoms. The SMILES string of the molecule is COc1ccc(N2CC[NH+](CC(=O)N3CC[C@H]4CCCC[C@@H]4C3)CC2)cc1. The van der Waals surface area contributed by atoms with E-state index < -0.39 is 0 Å². The molecule has 1 aromatic rings. The van der Waals surface area contributed by atoms with E-state index in [1.54, 1.807) is 7.11 Å². The Morgan fingerprint density at radius 3 is 2.44 bits per heavy atom. The molecule has 3 aliphatic rings. The first kappa shape index (κ1) is 18.6. The van der Waals surface area contributed by atoms with Crippen LogP contribution >= 0.6 is 0 Å². The van der Waals surface area contributed by atoms with Crippen LogP contribution in [0.3, 0.4) is 0 Å².